The Balaban J connectivity index is 1.73. The summed E-state index contributed by atoms with van der Waals surface area (Å²) in [5, 5.41) is 13.2. The van der Waals surface area contributed by atoms with Gasteiger partial charge in [-0.15, -0.1) is 11.3 Å². The van der Waals surface area contributed by atoms with Gasteiger partial charge in [-0.05, 0) is 32.3 Å². The van der Waals surface area contributed by atoms with Crippen LogP contribution in [0.5, 0.6) is 0 Å². The van der Waals surface area contributed by atoms with Gasteiger partial charge in [-0.3, -0.25) is 0 Å². The Bertz CT molecular complexity index is 544. The van der Waals surface area contributed by atoms with Crippen LogP contribution in [-0.4, -0.2) is 14.7 Å². The van der Waals surface area contributed by atoms with Crippen LogP contribution in [-0.2, 0) is 19.4 Å². The molecule has 2 heterocycles. The van der Waals surface area contributed by atoms with Crippen LogP contribution in [0.15, 0.2) is 17.6 Å². The van der Waals surface area contributed by atoms with Crippen LogP contribution in [0.3, 0.4) is 0 Å². The molecule has 1 atom stereocenters. The predicted octanol–water partition coefficient (Wildman–Crippen LogP) is 2.87. The van der Waals surface area contributed by atoms with Crippen LogP contribution < -0.4 is 0 Å². The molecule has 18 heavy (non-hydrogen) atoms. The SMILES string of the molecule is Cc1nc(CCn2ccc3c2CCCC3O)cs1. The molecule has 0 fully saturated rings. The molecule has 0 bridgehead atoms. The lowest BCUT2D eigenvalue weighted by atomic mass is 9.95. The maximum absolute atomic E-state index is 9.94. The first-order valence-corrected chi connectivity index (χ1v) is 7.39. The molecule has 0 spiro atoms. The third-order valence-electron chi connectivity index (χ3n) is 3.64. The van der Waals surface area contributed by atoms with E-state index < -0.39 is 0 Å². The molecule has 1 unspecified atom stereocenters. The number of aryl methyl sites for hydroxylation is 3. The molecule has 2 aromatic heterocycles. The molecule has 96 valence electrons. The number of hydrogen-bond donors (Lipinski definition) is 1. The third-order valence-corrected chi connectivity index (χ3v) is 4.46. The van der Waals surface area contributed by atoms with Crippen molar-refractivity contribution in [3.05, 3.63) is 39.6 Å². The summed E-state index contributed by atoms with van der Waals surface area (Å²) < 4.78 is 2.28. The van der Waals surface area contributed by atoms with Gasteiger partial charge in [0, 0.05) is 35.8 Å². The minimum absolute atomic E-state index is 0.253. The lowest BCUT2D eigenvalue weighted by Gasteiger charge is -2.20. The van der Waals surface area contributed by atoms with Gasteiger partial charge in [0.2, 0.25) is 0 Å². The van der Waals surface area contributed by atoms with Crippen LogP contribution in [0.1, 0.15) is 40.9 Å². The summed E-state index contributed by atoms with van der Waals surface area (Å²) >= 11 is 1.71. The largest absolute Gasteiger partial charge is 0.388 e. The van der Waals surface area contributed by atoms with Gasteiger partial charge in [-0.1, -0.05) is 0 Å². The van der Waals surface area contributed by atoms with Crippen molar-refractivity contribution in [2.45, 2.75) is 45.3 Å². The van der Waals surface area contributed by atoms with Crippen LogP contribution in [0.2, 0.25) is 0 Å². The Morgan fingerprint density at radius 3 is 3.22 bits per heavy atom. The molecular formula is C14H18N2OS. The number of thiazole rings is 1. The number of rotatable bonds is 3. The highest BCUT2D eigenvalue weighted by Gasteiger charge is 2.20. The van der Waals surface area contributed by atoms with Crippen LogP contribution in [0.4, 0.5) is 0 Å². The number of aliphatic hydroxyl groups excluding tert-OH is 1. The Morgan fingerprint density at radius 2 is 2.44 bits per heavy atom. The van der Waals surface area contributed by atoms with E-state index >= 15 is 0 Å². The third kappa shape index (κ3) is 2.22. The molecule has 3 rings (SSSR count). The zero-order valence-corrected chi connectivity index (χ0v) is 11.4. The summed E-state index contributed by atoms with van der Waals surface area (Å²) in [4.78, 5) is 4.49. The standard InChI is InChI=1S/C14H18N2OS/c1-10-15-11(9-18-10)5-7-16-8-6-12-13(16)3-2-4-14(12)17/h6,8-9,14,17H,2-5,7H2,1H3. The van der Waals surface area contributed by atoms with Gasteiger partial charge in [-0.2, -0.15) is 0 Å². The smallest absolute Gasteiger partial charge is 0.0897 e. The summed E-state index contributed by atoms with van der Waals surface area (Å²) in [6.45, 7) is 3.01. The Hall–Kier alpha value is -1.13. The van der Waals surface area contributed by atoms with E-state index in [0.29, 0.717) is 0 Å². The molecule has 0 saturated carbocycles. The van der Waals surface area contributed by atoms with Gasteiger partial charge in [0.1, 0.15) is 0 Å². The monoisotopic (exact) mass is 262 g/mol. The minimum atomic E-state index is -0.253. The summed E-state index contributed by atoms with van der Waals surface area (Å²) in [6.07, 6.45) is 5.92. The minimum Gasteiger partial charge on any atom is -0.388 e. The van der Waals surface area contributed by atoms with Crippen molar-refractivity contribution in [1.29, 1.82) is 0 Å². The molecule has 3 nitrogen and oxygen atoms in total. The second-order valence-electron chi connectivity index (χ2n) is 4.93. The fourth-order valence-electron chi connectivity index (χ4n) is 2.70. The Morgan fingerprint density at radius 1 is 1.56 bits per heavy atom. The molecule has 0 amide bonds. The average Bonchev–Trinajstić information content (AvgIpc) is 2.94. The molecule has 0 saturated heterocycles. The van der Waals surface area contributed by atoms with E-state index in [2.05, 4.69) is 27.2 Å². The predicted molar refractivity (Wildman–Crippen MR) is 72.9 cm³/mol. The molecule has 2 aromatic rings. The Labute approximate surface area is 111 Å². The number of aliphatic hydroxyl groups is 1. The molecule has 1 aliphatic carbocycles. The highest BCUT2D eigenvalue weighted by Crippen LogP contribution is 2.30. The Kier molecular flexibility index (Phi) is 3.22. The van der Waals surface area contributed by atoms with E-state index in [1.807, 2.05) is 6.92 Å². The van der Waals surface area contributed by atoms with Crippen LogP contribution in [0.25, 0.3) is 0 Å². The van der Waals surface area contributed by atoms with Crippen molar-refractivity contribution in [3.8, 4) is 0 Å². The molecule has 1 N–H and O–H groups in total. The topological polar surface area (TPSA) is 38.0 Å². The maximum atomic E-state index is 9.94. The summed E-state index contributed by atoms with van der Waals surface area (Å²) in [5.74, 6) is 0. The van der Waals surface area contributed by atoms with Crippen molar-refractivity contribution in [2.24, 2.45) is 0 Å². The molecule has 0 radical (unpaired) electrons. The lowest BCUT2D eigenvalue weighted by Crippen LogP contribution is -2.12. The van der Waals surface area contributed by atoms with E-state index in [1.165, 1.54) is 11.4 Å². The number of nitrogens with zero attached hydrogens (tertiary/aromatic N) is 2. The van der Waals surface area contributed by atoms with Crippen LogP contribution in [0, 0.1) is 6.92 Å². The second-order valence-corrected chi connectivity index (χ2v) is 5.99. The molecule has 0 aliphatic heterocycles. The highest BCUT2D eigenvalue weighted by atomic mass is 32.1. The van der Waals surface area contributed by atoms with E-state index in [4.69, 9.17) is 0 Å². The van der Waals surface area contributed by atoms with E-state index in [9.17, 15) is 5.11 Å². The van der Waals surface area contributed by atoms with Gasteiger partial charge < -0.3 is 9.67 Å². The van der Waals surface area contributed by atoms with E-state index in [-0.39, 0.29) is 6.10 Å². The average molecular weight is 262 g/mol. The number of aromatic nitrogens is 2. The fourth-order valence-corrected chi connectivity index (χ4v) is 3.35. The van der Waals surface area contributed by atoms with Crippen molar-refractivity contribution < 1.29 is 5.11 Å². The lowest BCUT2D eigenvalue weighted by molar-refractivity contribution is 0.155. The van der Waals surface area contributed by atoms with Crippen molar-refractivity contribution >= 4 is 11.3 Å². The first-order chi connectivity index (χ1) is 8.74. The maximum Gasteiger partial charge on any atom is 0.0897 e. The first kappa shape index (κ1) is 11.9. The van der Waals surface area contributed by atoms with E-state index in [1.54, 1.807) is 11.3 Å². The second kappa shape index (κ2) is 4.86. The normalized spacial score (nSPS) is 18.9. The zero-order valence-electron chi connectivity index (χ0n) is 10.6. The van der Waals surface area contributed by atoms with Crippen molar-refractivity contribution in [3.63, 3.8) is 0 Å². The number of fused-ring (bicyclic) bond motifs is 1. The molecule has 0 aromatic carbocycles. The van der Waals surface area contributed by atoms with Gasteiger partial charge in [0.05, 0.1) is 16.8 Å². The van der Waals surface area contributed by atoms with Gasteiger partial charge in [0.25, 0.3) is 0 Å². The van der Waals surface area contributed by atoms with Crippen molar-refractivity contribution in [2.75, 3.05) is 0 Å². The molecule has 1 aliphatic rings. The van der Waals surface area contributed by atoms with Crippen LogP contribution >= 0.6 is 11.3 Å². The van der Waals surface area contributed by atoms with Gasteiger partial charge in [-0.25, -0.2) is 4.98 Å². The van der Waals surface area contributed by atoms with Crippen molar-refractivity contribution in [1.82, 2.24) is 9.55 Å². The number of hydrogen-bond acceptors (Lipinski definition) is 3. The highest BCUT2D eigenvalue weighted by molar-refractivity contribution is 7.09. The van der Waals surface area contributed by atoms with E-state index in [0.717, 1.165) is 42.8 Å². The molecular weight excluding hydrogens is 244 g/mol. The fraction of sp³-hybridized carbons (Fsp3) is 0.500. The first-order valence-electron chi connectivity index (χ1n) is 6.51. The quantitative estimate of drug-likeness (QED) is 0.923. The zero-order chi connectivity index (χ0) is 12.5. The molecule has 4 heteroatoms. The summed E-state index contributed by atoms with van der Waals surface area (Å²) in [7, 11) is 0. The summed E-state index contributed by atoms with van der Waals surface area (Å²) in [6, 6.07) is 2.07. The summed E-state index contributed by atoms with van der Waals surface area (Å²) in [5.41, 5.74) is 3.63. The van der Waals surface area contributed by atoms with Gasteiger partial charge >= 0.3 is 0 Å². The van der Waals surface area contributed by atoms with Gasteiger partial charge in [0.15, 0.2) is 0 Å².